The van der Waals surface area contributed by atoms with Crippen molar-refractivity contribution in [2.24, 2.45) is 0 Å². The number of hydrogen-bond acceptors (Lipinski definition) is 6. The van der Waals surface area contributed by atoms with Gasteiger partial charge in [0, 0.05) is 42.4 Å². The molecular formula is C50H30N4S2. The second-order valence-corrected chi connectivity index (χ2v) is 15.9. The van der Waals surface area contributed by atoms with Gasteiger partial charge in [-0.15, -0.1) is 22.7 Å². The van der Waals surface area contributed by atoms with Crippen molar-refractivity contribution in [3.63, 3.8) is 0 Å². The summed E-state index contributed by atoms with van der Waals surface area (Å²) in [5.41, 5.74) is 12.6. The molecule has 0 atom stereocenters. The van der Waals surface area contributed by atoms with E-state index in [0.717, 1.165) is 64.8 Å². The predicted molar refractivity (Wildman–Crippen MR) is 236 cm³/mol. The monoisotopic (exact) mass is 750 g/mol. The number of fused-ring (bicyclic) bond motifs is 6. The highest BCUT2D eigenvalue weighted by molar-refractivity contribution is 7.26. The van der Waals surface area contributed by atoms with Crippen LogP contribution >= 0.6 is 22.7 Å². The smallest absolute Gasteiger partial charge is 0.160 e. The molecule has 0 fully saturated rings. The number of nitrogens with zero attached hydrogens (tertiary/aromatic N) is 4. The minimum Gasteiger partial charge on any atom is -0.226 e. The molecule has 0 radical (unpaired) electrons. The molecule has 0 saturated carbocycles. The van der Waals surface area contributed by atoms with E-state index in [4.69, 9.17) is 19.9 Å². The third kappa shape index (κ3) is 5.66. The van der Waals surface area contributed by atoms with Gasteiger partial charge in [-0.25, -0.2) is 19.9 Å². The first-order valence-corrected chi connectivity index (χ1v) is 20.2. The molecule has 4 aromatic heterocycles. The predicted octanol–water partition coefficient (Wildman–Crippen LogP) is 14.0. The molecule has 0 aliphatic rings. The van der Waals surface area contributed by atoms with Crippen LogP contribution in [0.15, 0.2) is 182 Å². The number of benzene rings is 7. The third-order valence-corrected chi connectivity index (χ3v) is 12.7. The van der Waals surface area contributed by atoms with E-state index in [1.807, 2.05) is 12.1 Å². The minimum atomic E-state index is 0.689. The van der Waals surface area contributed by atoms with Crippen molar-refractivity contribution in [1.29, 1.82) is 0 Å². The van der Waals surface area contributed by atoms with Gasteiger partial charge in [0.1, 0.15) is 0 Å². The Bertz CT molecular complexity index is 2990. The number of rotatable bonds is 6. The Morgan fingerprint density at radius 3 is 1.00 bits per heavy atom. The van der Waals surface area contributed by atoms with Crippen LogP contribution in [0, 0.1) is 0 Å². The highest BCUT2D eigenvalue weighted by atomic mass is 32.1. The van der Waals surface area contributed by atoms with Gasteiger partial charge in [-0.05, 0) is 34.4 Å². The lowest BCUT2D eigenvalue weighted by Gasteiger charge is -2.10. The summed E-state index contributed by atoms with van der Waals surface area (Å²) >= 11 is 3.50. The van der Waals surface area contributed by atoms with Crippen LogP contribution in [0.2, 0.25) is 0 Å². The zero-order chi connectivity index (χ0) is 37.0. The SMILES string of the molecule is c1ccc(-c2ccc(-c3nc(-c4ccc(-c5nc(-c6ccc(-c7ccccc7)cc6)c6sc7ccccc7c6n5)cc4)nc4c3sc3ccccc34)cc2)cc1. The third-order valence-electron chi connectivity index (χ3n) is 10.4. The number of aromatic nitrogens is 4. The van der Waals surface area contributed by atoms with Crippen molar-refractivity contribution < 1.29 is 0 Å². The van der Waals surface area contributed by atoms with E-state index in [9.17, 15) is 0 Å². The van der Waals surface area contributed by atoms with Crippen LogP contribution in [0.25, 0.3) is 108 Å². The molecule has 0 aliphatic heterocycles. The van der Waals surface area contributed by atoms with E-state index < -0.39 is 0 Å². The van der Waals surface area contributed by atoms with Crippen LogP contribution in [0.3, 0.4) is 0 Å². The minimum absolute atomic E-state index is 0.689. The molecule has 0 unspecified atom stereocenters. The Hall–Kier alpha value is -6.86. The number of thiophene rings is 2. The molecule has 7 aromatic carbocycles. The Kier molecular flexibility index (Phi) is 7.83. The molecule has 0 bridgehead atoms. The largest absolute Gasteiger partial charge is 0.226 e. The van der Waals surface area contributed by atoms with Crippen molar-refractivity contribution in [1.82, 2.24) is 19.9 Å². The van der Waals surface area contributed by atoms with E-state index in [1.54, 1.807) is 22.7 Å². The summed E-state index contributed by atoms with van der Waals surface area (Å²) < 4.78 is 4.58. The van der Waals surface area contributed by atoms with Crippen LogP contribution in [0.5, 0.6) is 0 Å². The zero-order valence-corrected chi connectivity index (χ0v) is 31.6. The summed E-state index contributed by atoms with van der Waals surface area (Å²) in [7, 11) is 0. The normalized spacial score (nSPS) is 11.6. The molecule has 4 nitrogen and oxygen atoms in total. The molecule has 11 aromatic rings. The van der Waals surface area contributed by atoms with Crippen molar-refractivity contribution in [3.05, 3.63) is 182 Å². The Labute approximate surface area is 331 Å². The summed E-state index contributed by atoms with van der Waals surface area (Å²) in [6, 6.07) is 63.7. The topological polar surface area (TPSA) is 51.6 Å². The maximum atomic E-state index is 5.26. The van der Waals surface area contributed by atoms with Gasteiger partial charge in [0.25, 0.3) is 0 Å². The molecule has 0 aliphatic carbocycles. The molecule has 0 amide bonds. The summed E-state index contributed by atoms with van der Waals surface area (Å²) in [6.07, 6.45) is 0. The van der Waals surface area contributed by atoms with Crippen LogP contribution in [-0.2, 0) is 0 Å². The van der Waals surface area contributed by atoms with E-state index in [0.29, 0.717) is 11.6 Å². The highest BCUT2D eigenvalue weighted by Crippen LogP contribution is 2.42. The second-order valence-electron chi connectivity index (χ2n) is 13.8. The van der Waals surface area contributed by atoms with Crippen molar-refractivity contribution >= 4 is 63.3 Å². The van der Waals surface area contributed by atoms with Gasteiger partial charge in [-0.2, -0.15) is 0 Å². The van der Waals surface area contributed by atoms with Gasteiger partial charge >= 0.3 is 0 Å². The number of hydrogen-bond donors (Lipinski definition) is 0. The van der Waals surface area contributed by atoms with Gasteiger partial charge in [-0.3, -0.25) is 0 Å². The summed E-state index contributed by atoms with van der Waals surface area (Å²) in [6.45, 7) is 0. The van der Waals surface area contributed by atoms with E-state index in [1.165, 1.54) is 31.7 Å². The molecule has 0 spiro atoms. The van der Waals surface area contributed by atoms with Crippen LogP contribution < -0.4 is 0 Å². The molecule has 0 N–H and O–H groups in total. The quantitative estimate of drug-likeness (QED) is 0.170. The zero-order valence-electron chi connectivity index (χ0n) is 29.9. The molecule has 11 rings (SSSR count). The van der Waals surface area contributed by atoms with E-state index >= 15 is 0 Å². The molecular weight excluding hydrogens is 721 g/mol. The maximum Gasteiger partial charge on any atom is 0.160 e. The lowest BCUT2D eigenvalue weighted by Crippen LogP contribution is -1.95. The van der Waals surface area contributed by atoms with Gasteiger partial charge < -0.3 is 0 Å². The standard InChI is InChI=1S/C50H30N4S2/c1-3-11-31(12-4-1)33-19-23-35(24-20-33)43-47-45(39-15-7-9-17-41(39)55-47)53-49(51-43)37-27-29-38(30-28-37)50-52-44(48-46(54-50)40-16-8-10-18-42(40)56-48)36-25-21-34(22-26-36)32-13-5-2-6-14-32/h1-30H. The Morgan fingerprint density at radius 1 is 0.268 bits per heavy atom. The van der Waals surface area contributed by atoms with Gasteiger partial charge in [0.2, 0.25) is 0 Å². The molecule has 262 valence electrons. The van der Waals surface area contributed by atoms with Crippen molar-refractivity contribution in [2.75, 3.05) is 0 Å². The highest BCUT2D eigenvalue weighted by Gasteiger charge is 2.19. The first kappa shape index (κ1) is 32.6. The fourth-order valence-electron chi connectivity index (χ4n) is 7.50. The first-order valence-electron chi connectivity index (χ1n) is 18.5. The fraction of sp³-hybridized carbons (Fsp3) is 0. The summed E-state index contributed by atoms with van der Waals surface area (Å²) in [4.78, 5) is 20.9. The average Bonchev–Trinajstić information content (AvgIpc) is 3.85. The maximum absolute atomic E-state index is 5.26. The summed E-state index contributed by atoms with van der Waals surface area (Å²) in [5.74, 6) is 1.38. The Balaban J connectivity index is 1.01. The fourth-order valence-corrected chi connectivity index (χ4v) is 9.81. The molecule has 56 heavy (non-hydrogen) atoms. The lowest BCUT2D eigenvalue weighted by molar-refractivity contribution is 1.23. The molecule has 4 heterocycles. The van der Waals surface area contributed by atoms with Crippen molar-refractivity contribution in [2.45, 2.75) is 0 Å². The summed E-state index contributed by atoms with van der Waals surface area (Å²) in [5, 5.41) is 2.29. The molecule has 6 heteroatoms. The van der Waals surface area contributed by atoms with Gasteiger partial charge in [-0.1, -0.05) is 170 Å². The van der Waals surface area contributed by atoms with E-state index in [2.05, 4.69) is 170 Å². The lowest BCUT2D eigenvalue weighted by atomic mass is 10.0. The van der Waals surface area contributed by atoms with Crippen molar-refractivity contribution in [3.8, 4) is 67.5 Å². The first-order chi connectivity index (χ1) is 27.7. The van der Waals surface area contributed by atoms with E-state index in [-0.39, 0.29) is 0 Å². The van der Waals surface area contributed by atoms with Gasteiger partial charge in [0.05, 0.1) is 31.8 Å². The molecule has 0 saturated heterocycles. The second kappa shape index (κ2) is 13.5. The van der Waals surface area contributed by atoms with Crippen LogP contribution in [0.1, 0.15) is 0 Å². The van der Waals surface area contributed by atoms with Gasteiger partial charge in [0.15, 0.2) is 11.6 Å². The van der Waals surface area contributed by atoms with Crippen LogP contribution in [-0.4, -0.2) is 19.9 Å². The van der Waals surface area contributed by atoms with Crippen LogP contribution in [0.4, 0.5) is 0 Å². The Morgan fingerprint density at radius 2 is 0.589 bits per heavy atom. The average molecular weight is 751 g/mol.